The summed E-state index contributed by atoms with van der Waals surface area (Å²) in [5.74, 6) is 0.224. The lowest BCUT2D eigenvalue weighted by atomic mass is 9.97. The molecular weight excluding hydrogens is 222 g/mol. The lowest BCUT2D eigenvalue weighted by Crippen LogP contribution is -2.46. The van der Waals surface area contributed by atoms with Crippen molar-refractivity contribution in [2.24, 2.45) is 5.92 Å². The molecule has 1 heterocycles. The summed E-state index contributed by atoms with van der Waals surface area (Å²) < 4.78 is 0. The fraction of sp³-hybridized carbons (Fsp3) is 0.667. The number of nitrogens with zero attached hydrogens (tertiary/aromatic N) is 1. The summed E-state index contributed by atoms with van der Waals surface area (Å²) in [7, 11) is 0. The van der Waals surface area contributed by atoms with Crippen LogP contribution in [0.25, 0.3) is 0 Å². The summed E-state index contributed by atoms with van der Waals surface area (Å²) in [5.41, 5.74) is -0.737. The summed E-state index contributed by atoms with van der Waals surface area (Å²) in [4.78, 5) is 1.06. The zero-order valence-corrected chi connectivity index (χ0v) is 11.1. The van der Waals surface area contributed by atoms with Gasteiger partial charge in [0.2, 0.25) is 0 Å². The largest absolute Gasteiger partial charge is 0.394 e. The second kappa shape index (κ2) is 5.27. The molecule has 91 valence electrons. The lowest BCUT2D eigenvalue weighted by molar-refractivity contribution is -0.261. The number of hydrogen-bond donors (Lipinski definition) is 1. The Balaban J connectivity index is 2.96. The zero-order chi connectivity index (χ0) is 12.3. The van der Waals surface area contributed by atoms with Crippen molar-refractivity contribution >= 4 is 11.3 Å². The van der Waals surface area contributed by atoms with E-state index in [4.69, 9.17) is 0 Å². The second-order valence-corrected chi connectivity index (χ2v) is 5.98. The third-order valence-corrected chi connectivity index (χ3v) is 3.65. The van der Waals surface area contributed by atoms with Gasteiger partial charge in [-0.05, 0) is 31.2 Å². The summed E-state index contributed by atoms with van der Waals surface area (Å²) in [6.45, 7) is 7.46. The monoisotopic (exact) mass is 242 g/mol. The van der Waals surface area contributed by atoms with Gasteiger partial charge in [-0.2, -0.15) is 0 Å². The molecule has 0 amide bonds. The van der Waals surface area contributed by atoms with Gasteiger partial charge in [-0.25, -0.2) is 0 Å². The van der Waals surface area contributed by atoms with E-state index in [2.05, 4.69) is 0 Å². The highest BCUT2D eigenvalue weighted by atomic mass is 32.1. The summed E-state index contributed by atoms with van der Waals surface area (Å²) >= 11 is 1.59. The predicted molar refractivity (Wildman–Crippen MR) is 65.6 cm³/mol. The maximum atomic E-state index is 12.3. The fourth-order valence-corrected chi connectivity index (χ4v) is 2.60. The summed E-state index contributed by atoms with van der Waals surface area (Å²) in [6.07, 6.45) is 0. The number of thiophene rings is 1. The van der Waals surface area contributed by atoms with Crippen LogP contribution in [0.15, 0.2) is 17.5 Å². The van der Waals surface area contributed by atoms with E-state index in [0.29, 0.717) is 0 Å². The molecule has 1 unspecified atom stereocenters. The first-order chi connectivity index (χ1) is 7.40. The molecule has 1 atom stereocenters. The van der Waals surface area contributed by atoms with E-state index in [1.165, 1.54) is 0 Å². The van der Waals surface area contributed by atoms with Crippen LogP contribution in [0.2, 0.25) is 0 Å². The van der Waals surface area contributed by atoms with Gasteiger partial charge in [0.15, 0.2) is 0 Å². The van der Waals surface area contributed by atoms with Crippen molar-refractivity contribution in [3.63, 3.8) is 0 Å². The Morgan fingerprint density at radius 2 is 2.12 bits per heavy atom. The normalized spacial score (nSPS) is 14.8. The van der Waals surface area contributed by atoms with E-state index in [1.54, 1.807) is 25.2 Å². The highest BCUT2D eigenvalue weighted by Gasteiger charge is 2.35. The van der Waals surface area contributed by atoms with Crippen LogP contribution in [-0.4, -0.2) is 22.3 Å². The van der Waals surface area contributed by atoms with E-state index in [1.807, 2.05) is 31.4 Å². The van der Waals surface area contributed by atoms with E-state index >= 15 is 0 Å². The molecule has 1 N–H and O–H groups in total. The van der Waals surface area contributed by atoms with Crippen molar-refractivity contribution in [1.82, 2.24) is 5.06 Å². The smallest absolute Gasteiger partial charge is 0.0755 e. The Bertz CT molecular complexity index is 309. The molecule has 1 aromatic heterocycles. The molecule has 0 saturated carbocycles. The van der Waals surface area contributed by atoms with E-state index < -0.39 is 5.54 Å². The topological polar surface area (TPSA) is 43.4 Å². The molecule has 4 heteroatoms. The number of aliphatic hydroxyl groups is 1. The molecule has 0 aliphatic rings. The van der Waals surface area contributed by atoms with E-state index in [0.717, 1.165) is 9.94 Å². The Labute approximate surface area is 101 Å². The van der Waals surface area contributed by atoms with Crippen LogP contribution in [0.4, 0.5) is 0 Å². The minimum Gasteiger partial charge on any atom is -0.394 e. The van der Waals surface area contributed by atoms with Crippen molar-refractivity contribution in [2.75, 3.05) is 6.61 Å². The van der Waals surface area contributed by atoms with Gasteiger partial charge in [-0.15, -0.1) is 21.6 Å². The van der Waals surface area contributed by atoms with Crippen LogP contribution >= 0.6 is 11.3 Å². The average Bonchev–Trinajstić information content (AvgIpc) is 2.70. The first kappa shape index (κ1) is 13.6. The molecule has 1 aromatic rings. The molecule has 0 aliphatic carbocycles. The van der Waals surface area contributed by atoms with Crippen LogP contribution in [0, 0.1) is 5.92 Å². The molecule has 0 fully saturated rings. The average molecular weight is 242 g/mol. The maximum absolute atomic E-state index is 12.3. The molecule has 0 spiro atoms. The molecule has 1 radical (unpaired) electrons. The Morgan fingerprint density at radius 3 is 2.50 bits per heavy atom. The summed E-state index contributed by atoms with van der Waals surface area (Å²) in [6, 6.07) is 3.75. The molecule has 0 aliphatic heterocycles. The van der Waals surface area contributed by atoms with Crippen molar-refractivity contribution in [3.8, 4) is 0 Å². The van der Waals surface area contributed by atoms with Crippen LogP contribution in [0.5, 0.6) is 0 Å². The van der Waals surface area contributed by atoms with Gasteiger partial charge < -0.3 is 5.11 Å². The molecular formula is C12H20NO2S. The lowest BCUT2D eigenvalue weighted by Gasteiger charge is -2.37. The fourth-order valence-electron chi connectivity index (χ4n) is 1.62. The number of hydroxylamine groups is 2. The Kier molecular flexibility index (Phi) is 4.50. The second-order valence-electron chi connectivity index (χ2n) is 5.00. The third-order valence-electron chi connectivity index (χ3n) is 2.70. The number of rotatable bonds is 5. The first-order valence-corrected chi connectivity index (χ1v) is 6.39. The van der Waals surface area contributed by atoms with Crippen LogP contribution in [0.1, 0.15) is 38.6 Å². The van der Waals surface area contributed by atoms with Crippen molar-refractivity contribution in [2.45, 2.75) is 39.3 Å². The minimum absolute atomic E-state index is 0.134. The standard InChI is InChI=1S/C12H20NO2S/c1-9(2)11(10-6-5-7-16-10)13(15)12(3,4)8-14/h5-7,9,11,14H,8H2,1-4H3. The molecule has 0 aromatic carbocycles. The van der Waals surface area contributed by atoms with Gasteiger partial charge in [-0.1, -0.05) is 19.9 Å². The molecule has 16 heavy (non-hydrogen) atoms. The van der Waals surface area contributed by atoms with Gasteiger partial charge in [0.1, 0.15) is 0 Å². The first-order valence-electron chi connectivity index (χ1n) is 5.51. The van der Waals surface area contributed by atoms with Crippen LogP contribution in [-0.2, 0) is 5.21 Å². The highest BCUT2D eigenvalue weighted by molar-refractivity contribution is 7.10. The number of hydrogen-bond acceptors (Lipinski definition) is 3. The van der Waals surface area contributed by atoms with Crippen molar-refractivity contribution in [1.29, 1.82) is 0 Å². The Hall–Kier alpha value is -0.420. The Morgan fingerprint density at radius 1 is 1.50 bits per heavy atom. The third kappa shape index (κ3) is 2.83. The molecule has 3 nitrogen and oxygen atoms in total. The van der Waals surface area contributed by atoms with E-state index in [-0.39, 0.29) is 18.6 Å². The maximum Gasteiger partial charge on any atom is 0.0755 e. The van der Waals surface area contributed by atoms with Gasteiger partial charge in [0, 0.05) is 4.88 Å². The molecule has 0 saturated heterocycles. The quantitative estimate of drug-likeness (QED) is 0.807. The van der Waals surface area contributed by atoms with Gasteiger partial charge in [-0.3, -0.25) is 0 Å². The SMILES string of the molecule is CC(C)C(c1cccs1)N([O])C(C)(C)CO. The van der Waals surface area contributed by atoms with E-state index in [9.17, 15) is 10.3 Å². The van der Waals surface area contributed by atoms with Crippen molar-refractivity contribution in [3.05, 3.63) is 22.4 Å². The predicted octanol–water partition coefficient (Wildman–Crippen LogP) is 2.86. The highest BCUT2D eigenvalue weighted by Crippen LogP contribution is 2.34. The zero-order valence-electron chi connectivity index (χ0n) is 10.3. The molecule has 1 rings (SSSR count). The van der Waals surface area contributed by atoms with Gasteiger partial charge in [0.25, 0.3) is 0 Å². The van der Waals surface area contributed by atoms with Gasteiger partial charge in [0.05, 0.1) is 18.2 Å². The van der Waals surface area contributed by atoms with Crippen LogP contribution < -0.4 is 0 Å². The van der Waals surface area contributed by atoms with Gasteiger partial charge >= 0.3 is 0 Å². The van der Waals surface area contributed by atoms with Crippen LogP contribution in [0.3, 0.4) is 0 Å². The van der Waals surface area contributed by atoms with Crippen molar-refractivity contribution < 1.29 is 10.3 Å². The minimum atomic E-state index is -0.737. The summed E-state index contributed by atoms with van der Waals surface area (Å²) in [5, 5.41) is 24.6. The molecule has 0 bridgehead atoms. The number of aliphatic hydroxyl groups excluding tert-OH is 1.